The number of hydrogen-bond acceptors (Lipinski definition) is 2. The number of carbonyl (C=O) groups is 1. The summed E-state index contributed by atoms with van der Waals surface area (Å²) in [4.78, 5) is 14.2. The summed E-state index contributed by atoms with van der Waals surface area (Å²) in [5, 5.41) is 4.17. The minimum atomic E-state index is 0.0531. The first-order chi connectivity index (χ1) is 11.2. The average Bonchev–Trinajstić information content (AvgIpc) is 3.03. The van der Waals surface area contributed by atoms with Gasteiger partial charge in [0.25, 0.3) is 0 Å². The number of carbonyl (C=O) groups excluding carboxylic acids is 1. The van der Waals surface area contributed by atoms with Crippen LogP contribution < -0.4 is 5.32 Å². The van der Waals surface area contributed by atoms with E-state index in [-0.39, 0.29) is 5.91 Å². The number of likely N-dealkylation sites (tertiary alicyclic amines) is 1. The monoisotopic (exact) mass is 326 g/mol. The Bertz CT molecular complexity index is 682. The summed E-state index contributed by atoms with van der Waals surface area (Å²) in [6.07, 6.45) is 4.43. The Hall–Kier alpha value is -2.26. The first-order valence-electron chi connectivity index (χ1n) is 7.75. The average molecular weight is 327 g/mol. The summed E-state index contributed by atoms with van der Waals surface area (Å²) >= 11 is 5.85. The van der Waals surface area contributed by atoms with Crippen LogP contribution in [0.2, 0.25) is 5.02 Å². The Balaban J connectivity index is 1.54. The van der Waals surface area contributed by atoms with Gasteiger partial charge in [0.1, 0.15) is 0 Å². The van der Waals surface area contributed by atoms with Crippen molar-refractivity contribution >= 4 is 29.3 Å². The van der Waals surface area contributed by atoms with E-state index in [1.165, 1.54) is 0 Å². The van der Waals surface area contributed by atoms with Crippen molar-refractivity contribution in [2.45, 2.75) is 12.5 Å². The summed E-state index contributed by atoms with van der Waals surface area (Å²) in [6.45, 7) is 1.52. The number of hydrogen-bond donors (Lipinski definition) is 1. The van der Waals surface area contributed by atoms with Gasteiger partial charge in [-0.2, -0.15) is 0 Å². The highest BCUT2D eigenvalue weighted by atomic mass is 35.5. The fourth-order valence-corrected chi connectivity index (χ4v) is 2.82. The first kappa shape index (κ1) is 15.6. The van der Waals surface area contributed by atoms with Crippen LogP contribution in [0.3, 0.4) is 0 Å². The molecule has 4 heteroatoms. The van der Waals surface area contributed by atoms with Crippen molar-refractivity contribution in [2.24, 2.45) is 0 Å². The predicted molar refractivity (Wildman–Crippen MR) is 95.5 cm³/mol. The maximum absolute atomic E-state index is 12.3. The van der Waals surface area contributed by atoms with Crippen molar-refractivity contribution in [2.75, 3.05) is 18.4 Å². The highest BCUT2D eigenvalue weighted by molar-refractivity contribution is 6.30. The van der Waals surface area contributed by atoms with Gasteiger partial charge in [0, 0.05) is 35.9 Å². The number of para-hydroxylation sites is 1. The number of amides is 1. The molecule has 1 aliphatic rings. The number of nitrogens with zero attached hydrogens (tertiary/aromatic N) is 1. The van der Waals surface area contributed by atoms with E-state index >= 15 is 0 Å². The molecule has 3 rings (SSSR count). The molecular formula is C19H19ClN2O. The summed E-state index contributed by atoms with van der Waals surface area (Å²) in [6, 6.07) is 17.9. The Morgan fingerprint density at radius 2 is 1.87 bits per heavy atom. The molecule has 2 aromatic carbocycles. The molecule has 0 spiro atoms. The van der Waals surface area contributed by atoms with E-state index in [1.807, 2.05) is 65.6 Å². The number of halogens is 1. The second kappa shape index (κ2) is 7.34. The van der Waals surface area contributed by atoms with Gasteiger partial charge in [-0.05, 0) is 42.3 Å². The van der Waals surface area contributed by atoms with Crippen LogP contribution in [0.4, 0.5) is 5.69 Å². The Morgan fingerprint density at radius 1 is 1.13 bits per heavy atom. The fourth-order valence-electron chi connectivity index (χ4n) is 2.70. The van der Waals surface area contributed by atoms with Gasteiger partial charge < -0.3 is 10.2 Å². The van der Waals surface area contributed by atoms with Gasteiger partial charge in [-0.1, -0.05) is 41.9 Å². The molecule has 1 aliphatic heterocycles. The van der Waals surface area contributed by atoms with Gasteiger partial charge in [-0.3, -0.25) is 4.79 Å². The number of anilines is 1. The van der Waals surface area contributed by atoms with Crippen LogP contribution in [0, 0.1) is 0 Å². The van der Waals surface area contributed by atoms with Crippen molar-refractivity contribution in [1.29, 1.82) is 0 Å². The van der Waals surface area contributed by atoms with Crippen LogP contribution in [0.1, 0.15) is 12.0 Å². The molecule has 0 saturated carbocycles. The van der Waals surface area contributed by atoms with Gasteiger partial charge in [0.15, 0.2) is 0 Å². The zero-order valence-electron chi connectivity index (χ0n) is 12.8. The van der Waals surface area contributed by atoms with Crippen molar-refractivity contribution in [1.82, 2.24) is 4.90 Å². The summed E-state index contributed by atoms with van der Waals surface area (Å²) in [5.74, 6) is 0.0531. The lowest BCUT2D eigenvalue weighted by molar-refractivity contribution is -0.124. The lowest BCUT2D eigenvalue weighted by Gasteiger charge is -2.16. The number of nitrogens with one attached hydrogen (secondary N) is 1. The third-order valence-electron chi connectivity index (χ3n) is 3.93. The van der Waals surface area contributed by atoms with Gasteiger partial charge in [-0.15, -0.1) is 0 Å². The van der Waals surface area contributed by atoms with E-state index < -0.39 is 0 Å². The van der Waals surface area contributed by atoms with E-state index in [2.05, 4.69) is 5.32 Å². The smallest absolute Gasteiger partial charge is 0.246 e. The number of benzene rings is 2. The quantitative estimate of drug-likeness (QED) is 0.859. The molecule has 23 heavy (non-hydrogen) atoms. The Morgan fingerprint density at radius 3 is 2.61 bits per heavy atom. The Kier molecular flexibility index (Phi) is 4.99. The molecule has 0 radical (unpaired) electrons. The van der Waals surface area contributed by atoms with Crippen LogP contribution >= 0.6 is 11.6 Å². The molecule has 1 N–H and O–H groups in total. The molecule has 0 bridgehead atoms. The van der Waals surface area contributed by atoms with Crippen molar-refractivity contribution < 1.29 is 4.79 Å². The molecule has 1 saturated heterocycles. The van der Waals surface area contributed by atoms with Crippen molar-refractivity contribution in [3.63, 3.8) is 0 Å². The zero-order valence-corrected chi connectivity index (χ0v) is 13.5. The topological polar surface area (TPSA) is 32.3 Å². The summed E-state index contributed by atoms with van der Waals surface area (Å²) in [7, 11) is 0. The van der Waals surface area contributed by atoms with Crippen LogP contribution in [-0.4, -0.2) is 29.9 Å². The minimum absolute atomic E-state index is 0.0531. The van der Waals surface area contributed by atoms with E-state index in [0.717, 1.165) is 30.8 Å². The van der Waals surface area contributed by atoms with E-state index in [0.29, 0.717) is 11.1 Å². The highest BCUT2D eigenvalue weighted by Crippen LogP contribution is 2.16. The normalized spacial score (nSPS) is 17.6. The van der Waals surface area contributed by atoms with Crippen LogP contribution in [-0.2, 0) is 4.79 Å². The summed E-state index contributed by atoms with van der Waals surface area (Å²) in [5.41, 5.74) is 2.07. The molecule has 0 aliphatic carbocycles. The Labute approximate surface area is 141 Å². The van der Waals surface area contributed by atoms with Crippen molar-refractivity contribution in [3.8, 4) is 0 Å². The fraction of sp³-hybridized carbons (Fsp3) is 0.211. The SMILES string of the molecule is O=C(/C=C/c1ccc(Cl)cc1)N1CCC(Nc2ccccc2)C1. The predicted octanol–water partition coefficient (Wildman–Crippen LogP) is 4.07. The lowest BCUT2D eigenvalue weighted by atomic mass is 10.2. The van der Waals surface area contributed by atoms with E-state index in [4.69, 9.17) is 11.6 Å². The minimum Gasteiger partial charge on any atom is -0.380 e. The standard InChI is InChI=1S/C19H19ClN2O/c20-16-9-6-15(7-10-16)8-11-19(23)22-13-12-18(14-22)21-17-4-2-1-3-5-17/h1-11,18,21H,12-14H2/b11-8+. The van der Waals surface area contributed by atoms with Crippen LogP contribution in [0.25, 0.3) is 6.08 Å². The van der Waals surface area contributed by atoms with Gasteiger partial charge in [-0.25, -0.2) is 0 Å². The number of rotatable bonds is 4. The van der Waals surface area contributed by atoms with Gasteiger partial charge in [0.2, 0.25) is 5.91 Å². The lowest BCUT2D eigenvalue weighted by Crippen LogP contribution is -2.30. The molecule has 3 nitrogen and oxygen atoms in total. The zero-order chi connectivity index (χ0) is 16.1. The molecule has 1 unspecified atom stereocenters. The second-order valence-electron chi connectivity index (χ2n) is 5.67. The third-order valence-corrected chi connectivity index (χ3v) is 4.18. The molecule has 1 amide bonds. The highest BCUT2D eigenvalue weighted by Gasteiger charge is 2.24. The molecule has 0 aromatic heterocycles. The summed E-state index contributed by atoms with van der Waals surface area (Å²) < 4.78 is 0. The van der Waals surface area contributed by atoms with Gasteiger partial charge >= 0.3 is 0 Å². The maximum atomic E-state index is 12.3. The largest absolute Gasteiger partial charge is 0.380 e. The third kappa shape index (κ3) is 4.36. The first-order valence-corrected chi connectivity index (χ1v) is 8.13. The van der Waals surface area contributed by atoms with Crippen molar-refractivity contribution in [3.05, 3.63) is 71.3 Å². The maximum Gasteiger partial charge on any atom is 0.246 e. The van der Waals surface area contributed by atoms with Crippen LogP contribution in [0.5, 0.6) is 0 Å². The molecule has 1 fully saturated rings. The van der Waals surface area contributed by atoms with E-state index in [1.54, 1.807) is 6.08 Å². The van der Waals surface area contributed by atoms with E-state index in [9.17, 15) is 4.79 Å². The molecular weight excluding hydrogens is 308 g/mol. The second-order valence-corrected chi connectivity index (χ2v) is 6.10. The van der Waals surface area contributed by atoms with Gasteiger partial charge in [0.05, 0.1) is 0 Å². The van der Waals surface area contributed by atoms with Crippen LogP contribution in [0.15, 0.2) is 60.7 Å². The molecule has 2 aromatic rings. The molecule has 1 heterocycles. The molecule has 1 atom stereocenters. The molecule has 118 valence electrons.